The molecule has 0 atom stereocenters. The van der Waals surface area contributed by atoms with E-state index in [1.165, 1.54) is 0 Å². The quantitative estimate of drug-likeness (QED) is 0.742. The molecule has 6 heteroatoms. The molecule has 0 aliphatic heterocycles. The van der Waals surface area contributed by atoms with Crippen LogP contribution < -0.4 is 4.74 Å². The van der Waals surface area contributed by atoms with Crippen molar-refractivity contribution in [1.29, 1.82) is 5.26 Å². The number of benzene rings is 1. The van der Waals surface area contributed by atoms with Gasteiger partial charge in [-0.25, -0.2) is 9.97 Å². The molecule has 0 unspecified atom stereocenters. The smallest absolute Gasteiger partial charge is 0.161 e. The minimum Gasteiger partial charge on any atom is -0.486 e. The van der Waals surface area contributed by atoms with Gasteiger partial charge in [0.1, 0.15) is 30.2 Å². The Hall–Kier alpha value is -2.58. The van der Waals surface area contributed by atoms with Crippen molar-refractivity contribution < 1.29 is 4.74 Å². The van der Waals surface area contributed by atoms with Crippen molar-refractivity contribution in [3.63, 3.8) is 0 Å². The summed E-state index contributed by atoms with van der Waals surface area (Å²) in [6.07, 6.45) is 1.54. The molecule has 2 heterocycles. The monoisotopic (exact) mass is 298 g/mol. The molecule has 0 N–H and O–H groups in total. The second kappa shape index (κ2) is 5.81. The molecule has 0 saturated heterocycles. The lowest BCUT2D eigenvalue weighted by Crippen LogP contribution is -2.07. The second-order valence-electron chi connectivity index (χ2n) is 4.37. The first kappa shape index (κ1) is 13.4. The number of nitriles is 1. The number of fused-ring (bicyclic) bond motifs is 1. The number of aromatic nitrogens is 3. The zero-order valence-corrected chi connectivity index (χ0v) is 11.8. The first-order chi connectivity index (χ1) is 10.3. The van der Waals surface area contributed by atoms with Crippen molar-refractivity contribution in [3.8, 4) is 11.8 Å². The fourth-order valence-electron chi connectivity index (χ4n) is 2.04. The molecule has 0 amide bonds. The van der Waals surface area contributed by atoms with Gasteiger partial charge < -0.3 is 4.74 Å². The van der Waals surface area contributed by atoms with E-state index in [1.807, 2.05) is 30.3 Å². The summed E-state index contributed by atoms with van der Waals surface area (Å²) in [5, 5.41) is 9.48. The lowest BCUT2D eigenvalue weighted by molar-refractivity contribution is 0.291. The van der Waals surface area contributed by atoms with Gasteiger partial charge in [0.25, 0.3) is 0 Å². The molecule has 5 nitrogen and oxygen atoms in total. The lowest BCUT2D eigenvalue weighted by Gasteiger charge is -2.06. The highest BCUT2D eigenvalue weighted by molar-refractivity contribution is 6.31. The zero-order chi connectivity index (χ0) is 14.7. The van der Waals surface area contributed by atoms with Crippen molar-refractivity contribution >= 4 is 22.8 Å². The molecule has 0 saturated carbocycles. The number of imidazole rings is 1. The number of para-hydroxylation sites is 1. The molecule has 1 aromatic carbocycles. The van der Waals surface area contributed by atoms with Gasteiger partial charge >= 0.3 is 0 Å². The minimum absolute atomic E-state index is 0.165. The molecule has 3 aromatic rings. The number of pyridine rings is 1. The molecule has 0 bridgehead atoms. The molecule has 0 fully saturated rings. The van der Waals surface area contributed by atoms with Crippen LogP contribution in [0.1, 0.15) is 5.82 Å². The van der Waals surface area contributed by atoms with Crippen LogP contribution in [-0.4, -0.2) is 14.5 Å². The van der Waals surface area contributed by atoms with Crippen molar-refractivity contribution in [2.24, 2.45) is 0 Å². The molecular weight excluding hydrogens is 288 g/mol. The summed E-state index contributed by atoms with van der Waals surface area (Å²) in [7, 11) is 0. The van der Waals surface area contributed by atoms with E-state index in [4.69, 9.17) is 21.6 Å². The molecule has 0 radical (unpaired) electrons. The third kappa shape index (κ3) is 2.81. The fourth-order valence-corrected chi connectivity index (χ4v) is 2.20. The van der Waals surface area contributed by atoms with E-state index >= 15 is 0 Å². The van der Waals surface area contributed by atoms with Crippen LogP contribution in [0.3, 0.4) is 0 Å². The molecule has 3 rings (SSSR count). The largest absolute Gasteiger partial charge is 0.486 e. The Labute approximate surface area is 126 Å². The number of rotatable bonds is 4. The molecule has 0 aliphatic rings. The number of ether oxygens (including phenoxy) is 1. The standard InChI is InChI=1S/C15H11ClN4O/c16-11-8-13-15(18-9-11)20(7-6-17)14(19-13)10-21-12-4-2-1-3-5-12/h1-5,8-9H,7,10H2. The second-order valence-corrected chi connectivity index (χ2v) is 4.81. The molecule has 2 aromatic heterocycles. The molecular formula is C15H11ClN4O. The number of hydrogen-bond donors (Lipinski definition) is 0. The highest BCUT2D eigenvalue weighted by Crippen LogP contribution is 2.19. The van der Waals surface area contributed by atoms with Crippen LogP contribution in [-0.2, 0) is 13.2 Å². The first-order valence-corrected chi connectivity index (χ1v) is 6.71. The van der Waals surface area contributed by atoms with Crippen molar-refractivity contribution in [3.05, 3.63) is 53.4 Å². The SMILES string of the molecule is N#CCn1c(COc2ccccc2)nc2cc(Cl)cnc21. The van der Waals surface area contributed by atoms with Gasteiger partial charge in [0.15, 0.2) is 5.65 Å². The summed E-state index contributed by atoms with van der Waals surface area (Å²) in [5.41, 5.74) is 1.29. The van der Waals surface area contributed by atoms with Gasteiger partial charge in [-0.1, -0.05) is 29.8 Å². The highest BCUT2D eigenvalue weighted by Gasteiger charge is 2.12. The van der Waals surface area contributed by atoms with Crippen LogP contribution in [0.5, 0.6) is 5.75 Å². The molecule has 0 aliphatic carbocycles. The zero-order valence-electron chi connectivity index (χ0n) is 11.0. The van der Waals surface area contributed by atoms with E-state index in [0.717, 1.165) is 5.75 Å². The normalized spacial score (nSPS) is 10.5. The molecule has 0 spiro atoms. The average Bonchev–Trinajstić information content (AvgIpc) is 2.84. The van der Waals surface area contributed by atoms with Crippen LogP contribution in [0.15, 0.2) is 42.6 Å². The van der Waals surface area contributed by atoms with Gasteiger partial charge in [0.05, 0.1) is 11.1 Å². The summed E-state index contributed by atoms with van der Waals surface area (Å²) in [6, 6.07) is 13.3. The van der Waals surface area contributed by atoms with E-state index < -0.39 is 0 Å². The van der Waals surface area contributed by atoms with Crippen LogP contribution in [0, 0.1) is 11.3 Å². The molecule has 104 valence electrons. The topological polar surface area (TPSA) is 63.7 Å². The predicted octanol–water partition coefficient (Wildman–Crippen LogP) is 3.19. The van der Waals surface area contributed by atoms with Crippen LogP contribution in [0.4, 0.5) is 0 Å². The average molecular weight is 299 g/mol. The number of nitrogens with zero attached hydrogens (tertiary/aromatic N) is 4. The van der Waals surface area contributed by atoms with Crippen molar-refractivity contribution in [2.75, 3.05) is 0 Å². The van der Waals surface area contributed by atoms with Crippen LogP contribution >= 0.6 is 11.6 Å². The van der Waals surface area contributed by atoms with Gasteiger partial charge in [-0.15, -0.1) is 0 Å². The van der Waals surface area contributed by atoms with E-state index in [1.54, 1.807) is 16.8 Å². The Balaban J connectivity index is 1.93. The van der Waals surface area contributed by atoms with E-state index in [-0.39, 0.29) is 13.2 Å². The Morgan fingerprint density at radius 2 is 2.10 bits per heavy atom. The van der Waals surface area contributed by atoms with Crippen molar-refractivity contribution in [1.82, 2.24) is 14.5 Å². The summed E-state index contributed by atoms with van der Waals surface area (Å²) >= 11 is 5.92. The maximum Gasteiger partial charge on any atom is 0.161 e. The Kier molecular flexibility index (Phi) is 3.71. The third-order valence-corrected chi connectivity index (χ3v) is 3.18. The maximum absolute atomic E-state index is 8.97. The van der Waals surface area contributed by atoms with E-state index in [9.17, 15) is 0 Å². The maximum atomic E-state index is 8.97. The Morgan fingerprint density at radius 3 is 2.86 bits per heavy atom. The van der Waals surface area contributed by atoms with Gasteiger partial charge in [-0.05, 0) is 18.2 Å². The predicted molar refractivity (Wildman–Crippen MR) is 78.9 cm³/mol. The van der Waals surface area contributed by atoms with Gasteiger partial charge in [-0.3, -0.25) is 4.57 Å². The summed E-state index contributed by atoms with van der Waals surface area (Å²) in [5.74, 6) is 1.39. The first-order valence-electron chi connectivity index (χ1n) is 6.33. The van der Waals surface area contributed by atoms with Crippen molar-refractivity contribution in [2.45, 2.75) is 13.2 Å². The Bertz CT molecular complexity index is 808. The summed E-state index contributed by atoms with van der Waals surface area (Å²) < 4.78 is 7.42. The number of halogens is 1. The fraction of sp³-hybridized carbons (Fsp3) is 0.133. The lowest BCUT2D eigenvalue weighted by atomic mass is 10.3. The minimum atomic E-state index is 0.165. The summed E-state index contributed by atoms with van der Waals surface area (Å²) in [6.45, 7) is 0.429. The number of hydrogen-bond acceptors (Lipinski definition) is 4. The molecule has 21 heavy (non-hydrogen) atoms. The third-order valence-electron chi connectivity index (χ3n) is 2.97. The van der Waals surface area contributed by atoms with Gasteiger partial charge in [0, 0.05) is 6.20 Å². The van der Waals surface area contributed by atoms with E-state index in [0.29, 0.717) is 22.0 Å². The summed E-state index contributed by atoms with van der Waals surface area (Å²) in [4.78, 5) is 8.68. The van der Waals surface area contributed by atoms with Crippen LogP contribution in [0.2, 0.25) is 5.02 Å². The van der Waals surface area contributed by atoms with Gasteiger partial charge in [0.2, 0.25) is 0 Å². The van der Waals surface area contributed by atoms with E-state index in [2.05, 4.69) is 16.0 Å². The highest BCUT2D eigenvalue weighted by atomic mass is 35.5. The van der Waals surface area contributed by atoms with Gasteiger partial charge in [-0.2, -0.15) is 5.26 Å². The van der Waals surface area contributed by atoms with Crippen LogP contribution in [0.25, 0.3) is 11.2 Å². The Morgan fingerprint density at radius 1 is 1.29 bits per heavy atom.